The fourth-order valence-electron chi connectivity index (χ4n) is 5.29. The number of carbonyl (C=O) groups excluding carboxylic acids is 1. The number of hydrogen-bond donors (Lipinski definition) is 2. The Morgan fingerprint density at radius 1 is 1.05 bits per heavy atom. The second kappa shape index (κ2) is 10.3. The van der Waals surface area contributed by atoms with Gasteiger partial charge in [0.2, 0.25) is 15.9 Å². The minimum Gasteiger partial charge on any atom is -0.366 e. The summed E-state index contributed by atoms with van der Waals surface area (Å²) in [6.07, 6.45) is 5.37. The molecule has 1 atom stereocenters. The predicted molar refractivity (Wildman–Crippen MR) is 150 cm³/mol. The van der Waals surface area contributed by atoms with Crippen LogP contribution in [0.5, 0.6) is 0 Å². The van der Waals surface area contributed by atoms with E-state index in [1.54, 1.807) is 30.7 Å². The molecule has 6 rings (SSSR count). The summed E-state index contributed by atoms with van der Waals surface area (Å²) in [5, 5.41) is 7.22. The number of hydrogen-bond acceptors (Lipinski definition) is 8. The predicted octanol–water partition coefficient (Wildman–Crippen LogP) is 2.99. The first-order valence-electron chi connectivity index (χ1n) is 12.9. The molecule has 1 amide bonds. The van der Waals surface area contributed by atoms with Gasteiger partial charge in [0.1, 0.15) is 12.1 Å². The number of para-hydroxylation sites is 1. The summed E-state index contributed by atoms with van der Waals surface area (Å²) in [6.45, 7) is 4.93. The second-order valence-electron chi connectivity index (χ2n) is 9.96. The van der Waals surface area contributed by atoms with Crippen LogP contribution in [0.1, 0.15) is 12.5 Å². The molecule has 2 aliphatic rings. The topological polar surface area (TPSA) is 120 Å². The smallest absolute Gasteiger partial charge is 0.243 e. The molecule has 2 aliphatic heterocycles. The Bertz CT molecular complexity index is 1640. The van der Waals surface area contributed by atoms with Crippen molar-refractivity contribution in [3.8, 4) is 11.1 Å². The lowest BCUT2D eigenvalue weighted by Gasteiger charge is -2.35. The minimum absolute atomic E-state index is 0.0788. The van der Waals surface area contributed by atoms with E-state index in [1.807, 2.05) is 36.5 Å². The van der Waals surface area contributed by atoms with Gasteiger partial charge in [-0.1, -0.05) is 18.2 Å². The minimum atomic E-state index is -3.62. The number of pyridine rings is 1. The van der Waals surface area contributed by atoms with Crippen molar-refractivity contribution in [1.29, 1.82) is 0 Å². The van der Waals surface area contributed by atoms with E-state index < -0.39 is 10.0 Å². The van der Waals surface area contributed by atoms with Gasteiger partial charge in [-0.25, -0.2) is 18.4 Å². The van der Waals surface area contributed by atoms with Crippen molar-refractivity contribution in [2.75, 3.05) is 43.4 Å². The van der Waals surface area contributed by atoms with E-state index in [2.05, 4.69) is 37.4 Å². The van der Waals surface area contributed by atoms with Gasteiger partial charge in [0.25, 0.3) is 0 Å². The lowest BCUT2D eigenvalue weighted by atomic mass is 10.0. The summed E-state index contributed by atoms with van der Waals surface area (Å²) in [4.78, 5) is 27.4. The Balaban J connectivity index is 1.10. The van der Waals surface area contributed by atoms with Crippen LogP contribution in [-0.4, -0.2) is 77.2 Å². The molecule has 0 radical (unpaired) electrons. The molecule has 0 aliphatic carbocycles. The number of nitrogens with one attached hydrogen (secondary N) is 2. The van der Waals surface area contributed by atoms with Gasteiger partial charge in [0.05, 0.1) is 16.8 Å². The van der Waals surface area contributed by atoms with E-state index in [4.69, 9.17) is 0 Å². The zero-order valence-electron chi connectivity index (χ0n) is 21.5. The third kappa shape index (κ3) is 5.08. The largest absolute Gasteiger partial charge is 0.366 e. The highest BCUT2D eigenvalue weighted by Crippen LogP contribution is 2.30. The Kier molecular flexibility index (Phi) is 6.71. The Hall–Kier alpha value is -3.93. The Labute approximate surface area is 227 Å². The van der Waals surface area contributed by atoms with Crippen molar-refractivity contribution in [3.05, 3.63) is 72.8 Å². The molecule has 1 unspecified atom stereocenters. The number of benzene rings is 2. The van der Waals surface area contributed by atoms with E-state index in [1.165, 1.54) is 4.31 Å². The van der Waals surface area contributed by atoms with E-state index >= 15 is 0 Å². The lowest BCUT2D eigenvalue weighted by Crippen LogP contribution is -2.50. The second-order valence-corrected chi connectivity index (χ2v) is 11.9. The number of nitrogens with zero attached hydrogens (tertiary/aromatic N) is 5. The van der Waals surface area contributed by atoms with Gasteiger partial charge in [0.15, 0.2) is 0 Å². The fraction of sp³-hybridized carbons (Fsp3) is 0.286. The first-order valence-corrected chi connectivity index (χ1v) is 14.4. The van der Waals surface area contributed by atoms with Crippen LogP contribution >= 0.6 is 0 Å². The number of aromatic nitrogens is 3. The number of rotatable bonds is 7. The van der Waals surface area contributed by atoms with Gasteiger partial charge in [-0.05, 0) is 42.8 Å². The van der Waals surface area contributed by atoms with Crippen molar-refractivity contribution in [1.82, 2.24) is 24.2 Å². The third-order valence-electron chi connectivity index (χ3n) is 7.22. The summed E-state index contributed by atoms with van der Waals surface area (Å²) in [6, 6.07) is 14.9. The third-order valence-corrected chi connectivity index (χ3v) is 9.12. The van der Waals surface area contributed by atoms with Crippen molar-refractivity contribution in [2.24, 2.45) is 0 Å². The van der Waals surface area contributed by atoms with Crippen molar-refractivity contribution < 1.29 is 13.2 Å². The number of amides is 1. The number of anilines is 2. The van der Waals surface area contributed by atoms with Crippen LogP contribution in [0.3, 0.4) is 0 Å². The first kappa shape index (κ1) is 25.4. The quantitative estimate of drug-likeness (QED) is 0.365. The SMILES string of the molecule is CC(CN1CCN(S(=O)(=O)c2ccc3c(c2)CC(=O)N3)CC1)Nc1ncnc2c(-c3cccnc3)cccc12. The monoisotopic (exact) mass is 543 g/mol. The molecule has 11 heteroatoms. The molecule has 0 spiro atoms. The highest BCUT2D eigenvalue weighted by molar-refractivity contribution is 7.89. The molecule has 2 N–H and O–H groups in total. The maximum Gasteiger partial charge on any atom is 0.243 e. The molecular formula is C28H29N7O3S. The summed E-state index contributed by atoms with van der Waals surface area (Å²) in [7, 11) is -3.62. The number of piperazine rings is 1. The molecule has 1 fully saturated rings. The molecule has 2 aromatic heterocycles. The highest BCUT2D eigenvalue weighted by Gasteiger charge is 2.30. The molecule has 4 aromatic rings. The summed E-state index contributed by atoms with van der Waals surface area (Å²) in [5.74, 6) is 0.656. The van der Waals surface area contributed by atoms with E-state index in [0.29, 0.717) is 31.9 Å². The molecular weight excluding hydrogens is 514 g/mol. The fourth-order valence-corrected chi connectivity index (χ4v) is 6.76. The van der Waals surface area contributed by atoms with Gasteiger partial charge >= 0.3 is 0 Å². The zero-order chi connectivity index (χ0) is 27.0. The lowest BCUT2D eigenvalue weighted by molar-refractivity contribution is -0.115. The van der Waals surface area contributed by atoms with Gasteiger partial charge in [-0.2, -0.15) is 4.31 Å². The highest BCUT2D eigenvalue weighted by atomic mass is 32.2. The molecule has 1 saturated heterocycles. The average molecular weight is 544 g/mol. The first-order chi connectivity index (χ1) is 18.9. The van der Waals surface area contributed by atoms with Crippen LogP contribution < -0.4 is 10.6 Å². The van der Waals surface area contributed by atoms with Gasteiger partial charge in [0, 0.05) is 73.4 Å². The van der Waals surface area contributed by atoms with Crippen molar-refractivity contribution in [2.45, 2.75) is 24.3 Å². The van der Waals surface area contributed by atoms with Gasteiger partial charge in [-0.3, -0.25) is 14.7 Å². The average Bonchev–Trinajstić information content (AvgIpc) is 3.33. The molecule has 10 nitrogen and oxygen atoms in total. The van der Waals surface area contributed by atoms with Crippen molar-refractivity contribution >= 4 is 38.3 Å². The molecule has 2 aromatic carbocycles. The summed E-state index contributed by atoms with van der Waals surface area (Å²) < 4.78 is 28.1. The number of carbonyl (C=O) groups is 1. The Morgan fingerprint density at radius 3 is 2.69 bits per heavy atom. The molecule has 200 valence electrons. The molecule has 0 saturated carbocycles. The van der Waals surface area contributed by atoms with Gasteiger partial charge in [-0.15, -0.1) is 0 Å². The zero-order valence-corrected chi connectivity index (χ0v) is 22.4. The van der Waals surface area contributed by atoms with Crippen LogP contribution in [-0.2, 0) is 21.2 Å². The van der Waals surface area contributed by atoms with Crippen LogP contribution in [0, 0.1) is 0 Å². The number of fused-ring (bicyclic) bond motifs is 2. The molecule has 0 bridgehead atoms. The van der Waals surface area contributed by atoms with Crippen LogP contribution in [0.2, 0.25) is 0 Å². The summed E-state index contributed by atoms with van der Waals surface area (Å²) in [5.41, 5.74) is 4.28. The van der Waals surface area contributed by atoms with Crippen LogP contribution in [0.4, 0.5) is 11.5 Å². The van der Waals surface area contributed by atoms with Crippen LogP contribution in [0.15, 0.2) is 72.1 Å². The maximum atomic E-state index is 13.3. The van der Waals surface area contributed by atoms with E-state index in [0.717, 1.165) is 40.0 Å². The van der Waals surface area contributed by atoms with Gasteiger partial charge < -0.3 is 10.6 Å². The van der Waals surface area contributed by atoms with Crippen LogP contribution in [0.25, 0.3) is 22.0 Å². The standard InChI is InChI=1S/C28H29N7O3S/c1-19(32-28-24-6-2-5-23(27(24)30-18-31-28)20-4-3-9-29-16-20)17-34-10-12-35(13-11-34)39(37,38)22-7-8-25-21(14-22)15-26(36)33-25/h2-9,14,16,18-19H,10-13,15,17H2,1H3,(H,33,36)(H,30,31,32). The maximum absolute atomic E-state index is 13.3. The van der Waals surface area contributed by atoms with E-state index in [9.17, 15) is 13.2 Å². The normalized spacial score (nSPS) is 17.1. The number of sulfonamides is 1. The van der Waals surface area contributed by atoms with E-state index in [-0.39, 0.29) is 23.3 Å². The molecule has 39 heavy (non-hydrogen) atoms. The molecule has 4 heterocycles. The van der Waals surface area contributed by atoms with Crippen molar-refractivity contribution in [3.63, 3.8) is 0 Å². The summed E-state index contributed by atoms with van der Waals surface area (Å²) >= 11 is 0. The Morgan fingerprint density at radius 2 is 1.90 bits per heavy atom.